The molecule has 0 saturated heterocycles. The van der Waals surface area contributed by atoms with E-state index in [0.29, 0.717) is 17.8 Å². The van der Waals surface area contributed by atoms with Gasteiger partial charge in [0.2, 0.25) is 5.91 Å². The molecule has 2 amide bonds. The number of carbonyl (C=O) groups is 2. The third-order valence-electron chi connectivity index (χ3n) is 4.45. The SMILES string of the molecule is CC[C@@H](C)NC(=O)Cn1nc2ccc(C(=O)NCc3ccccc3)cn2c1=O. The van der Waals surface area contributed by atoms with Crippen LogP contribution in [-0.2, 0) is 17.9 Å². The summed E-state index contributed by atoms with van der Waals surface area (Å²) in [5, 5.41) is 9.77. The Hall–Kier alpha value is -3.42. The highest BCUT2D eigenvalue weighted by atomic mass is 16.2. The Morgan fingerprint density at radius 3 is 2.61 bits per heavy atom. The first-order valence-corrected chi connectivity index (χ1v) is 9.18. The van der Waals surface area contributed by atoms with E-state index in [1.807, 2.05) is 44.2 Å². The summed E-state index contributed by atoms with van der Waals surface area (Å²) < 4.78 is 2.37. The number of amides is 2. The molecule has 28 heavy (non-hydrogen) atoms. The topological polar surface area (TPSA) is 97.5 Å². The zero-order valence-corrected chi connectivity index (χ0v) is 15.9. The van der Waals surface area contributed by atoms with Crippen LogP contribution in [0.4, 0.5) is 0 Å². The van der Waals surface area contributed by atoms with Gasteiger partial charge in [-0.3, -0.25) is 9.59 Å². The Kier molecular flexibility index (Phi) is 5.88. The van der Waals surface area contributed by atoms with Crippen LogP contribution < -0.4 is 16.3 Å². The molecule has 0 aliphatic rings. The maximum absolute atomic E-state index is 12.5. The van der Waals surface area contributed by atoms with E-state index in [9.17, 15) is 14.4 Å². The summed E-state index contributed by atoms with van der Waals surface area (Å²) in [4.78, 5) is 36.9. The van der Waals surface area contributed by atoms with Gasteiger partial charge in [-0.1, -0.05) is 37.3 Å². The van der Waals surface area contributed by atoms with Crippen molar-refractivity contribution < 1.29 is 9.59 Å². The van der Waals surface area contributed by atoms with E-state index < -0.39 is 5.69 Å². The zero-order chi connectivity index (χ0) is 20.1. The molecular weight excluding hydrogens is 358 g/mol. The van der Waals surface area contributed by atoms with E-state index >= 15 is 0 Å². The summed E-state index contributed by atoms with van der Waals surface area (Å²) >= 11 is 0. The Morgan fingerprint density at radius 1 is 1.14 bits per heavy atom. The number of nitrogens with one attached hydrogen (secondary N) is 2. The molecule has 0 spiro atoms. The molecule has 146 valence electrons. The van der Waals surface area contributed by atoms with Crippen molar-refractivity contribution in [3.8, 4) is 0 Å². The Bertz CT molecular complexity index is 1040. The van der Waals surface area contributed by atoms with E-state index in [4.69, 9.17) is 0 Å². The van der Waals surface area contributed by atoms with Crippen molar-refractivity contribution in [2.24, 2.45) is 0 Å². The van der Waals surface area contributed by atoms with E-state index in [0.717, 1.165) is 16.7 Å². The highest BCUT2D eigenvalue weighted by Crippen LogP contribution is 2.04. The molecule has 1 aromatic carbocycles. The molecule has 0 unspecified atom stereocenters. The minimum Gasteiger partial charge on any atom is -0.352 e. The quantitative estimate of drug-likeness (QED) is 0.645. The number of fused-ring (bicyclic) bond motifs is 1. The van der Waals surface area contributed by atoms with Gasteiger partial charge in [0.1, 0.15) is 6.54 Å². The van der Waals surface area contributed by atoms with Crippen molar-refractivity contribution in [2.75, 3.05) is 0 Å². The number of nitrogens with zero attached hydrogens (tertiary/aromatic N) is 3. The first-order chi connectivity index (χ1) is 13.5. The fraction of sp³-hybridized carbons (Fsp3) is 0.300. The van der Waals surface area contributed by atoms with Crippen LogP contribution in [0.5, 0.6) is 0 Å². The number of carbonyl (C=O) groups excluding carboxylic acids is 2. The molecule has 0 aliphatic carbocycles. The summed E-state index contributed by atoms with van der Waals surface area (Å²) in [5.41, 5.74) is 1.23. The molecule has 2 N–H and O–H groups in total. The second kappa shape index (κ2) is 8.51. The lowest BCUT2D eigenvalue weighted by Gasteiger charge is -2.10. The minimum absolute atomic E-state index is 0.0279. The van der Waals surface area contributed by atoms with Gasteiger partial charge in [-0.05, 0) is 31.0 Å². The van der Waals surface area contributed by atoms with E-state index in [-0.39, 0.29) is 24.4 Å². The normalized spacial score (nSPS) is 11.9. The van der Waals surface area contributed by atoms with E-state index in [1.54, 1.807) is 12.1 Å². The molecule has 2 heterocycles. The summed E-state index contributed by atoms with van der Waals surface area (Å²) in [5.74, 6) is -0.569. The molecule has 8 heteroatoms. The van der Waals surface area contributed by atoms with Crippen molar-refractivity contribution in [1.82, 2.24) is 24.8 Å². The van der Waals surface area contributed by atoms with Crippen LogP contribution in [0, 0.1) is 0 Å². The molecule has 0 bridgehead atoms. The lowest BCUT2D eigenvalue weighted by atomic mass is 10.2. The zero-order valence-electron chi connectivity index (χ0n) is 15.9. The molecule has 0 fully saturated rings. The smallest absolute Gasteiger partial charge is 0.350 e. The maximum atomic E-state index is 12.5. The lowest BCUT2D eigenvalue weighted by molar-refractivity contribution is -0.122. The van der Waals surface area contributed by atoms with Crippen molar-refractivity contribution >= 4 is 17.5 Å². The fourth-order valence-electron chi connectivity index (χ4n) is 2.69. The van der Waals surface area contributed by atoms with Gasteiger partial charge in [0.15, 0.2) is 5.65 Å². The molecule has 1 atom stereocenters. The number of pyridine rings is 1. The number of aromatic nitrogens is 3. The molecule has 0 aliphatic heterocycles. The third kappa shape index (κ3) is 4.46. The predicted molar refractivity (Wildman–Crippen MR) is 105 cm³/mol. The molecule has 8 nitrogen and oxygen atoms in total. The average molecular weight is 381 g/mol. The first kappa shape index (κ1) is 19.3. The Balaban J connectivity index is 1.74. The maximum Gasteiger partial charge on any atom is 0.350 e. The summed E-state index contributed by atoms with van der Waals surface area (Å²) in [6, 6.07) is 12.8. The van der Waals surface area contributed by atoms with E-state index in [2.05, 4.69) is 15.7 Å². The lowest BCUT2D eigenvalue weighted by Crippen LogP contribution is -2.37. The number of hydrogen-bond donors (Lipinski definition) is 2. The fourth-order valence-corrected chi connectivity index (χ4v) is 2.69. The standard InChI is InChI=1S/C20H23N5O3/c1-3-14(2)22-18(26)13-25-20(28)24-12-16(9-10-17(24)23-25)19(27)21-11-15-7-5-4-6-8-15/h4-10,12,14H,3,11,13H2,1-2H3,(H,21,27)(H,22,26)/t14-/m1/s1. The van der Waals surface area contributed by atoms with Crippen LogP contribution in [0.15, 0.2) is 53.5 Å². The van der Waals surface area contributed by atoms with Gasteiger partial charge in [-0.2, -0.15) is 0 Å². The van der Waals surface area contributed by atoms with Crippen LogP contribution in [-0.4, -0.2) is 32.0 Å². The van der Waals surface area contributed by atoms with Gasteiger partial charge < -0.3 is 10.6 Å². The molecular formula is C20H23N5O3. The summed E-state index contributed by atoms with van der Waals surface area (Å²) in [7, 11) is 0. The van der Waals surface area contributed by atoms with Crippen LogP contribution in [0.25, 0.3) is 5.65 Å². The van der Waals surface area contributed by atoms with Crippen LogP contribution >= 0.6 is 0 Å². The second-order valence-electron chi connectivity index (χ2n) is 6.63. The van der Waals surface area contributed by atoms with Crippen molar-refractivity contribution in [2.45, 2.75) is 39.4 Å². The summed E-state index contributed by atoms with van der Waals surface area (Å²) in [6.45, 7) is 4.08. The second-order valence-corrected chi connectivity index (χ2v) is 6.63. The molecule has 3 rings (SSSR count). The average Bonchev–Trinajstić information content (AvgIpc) is 3.01. The minimum atomic E-state index is -0.466. The van der Waals surface area contributed by atoms with Crippen LogP contribution in [0.3, 0.4) is 0 Å². The number of benzene rings is 1. The van der Waals surface area contributed by atoms with Crippen LogP contribution in [0.1, 0.15) is 36.2 Å². The van der Waals surface area contributed by atoms with Gasteiger partial charge >= 0.3 is 5.69 Å². The molecule has 3 aromatic rings. The number of rotatable bonds is 7. The van der Waals surface area contributed by atoms with Crippen molar-refractivity contribution in [1.29, 1.82) is 0 Å². The summed E-state index contributed by atoms with van der Waals surface area (Å²) in [6.07, 6.45) is 2.24. The van der Waals surface area contributed by atoms with Gasteiger partial charge in [-0.25, -0.2) is 13.9 Å². The third-order valence-corrected chi connectivity index (χ3v) is 4.45. The highest BCUT2D eigenvalue weighted by molar-refractivity contribution is 5.94. The van der Waals surface area contributed by atoms with Gasteiger partial charge in [0.25, 0.3) is 5.91 Å². The van der Waals surface area contributed by atoms with Crippen molar-refractivity contribution in [3.05, 3.63) is 70.3 Å². The van der Waals surface area contributed by atoms with Crippen LogP contribution in [0.2, 0.25) is 0 Å². The molecule has 0 saturated carbocycles. The number of hydrogen-bond acceptors (Lipinski definition) is 4. The van der Waals surface area contributed by atoms with Gasteiger partial charge in [0, 0.05) is 18.8 Å². The Labute approximate surface area is 162 Å². The van der Waals surface area contributed by atoms with Gasteiger partial charge in [-0.15, -0.1) is 5.10 Å². The van der Waals surface area contributed by atoms with E-state index in [1.165, 1.54) is 10.6 Å². The first-order valence-electron chi connectivity index (χ1n) is 9.18. The predicted octanol–water partition coefficient (Wildman–Crippen LogP) is 1.34. The van der Waals surface area contributed by atoms with Crippen molar-refractivity contribution in [3.63, 3.8) is 0 Å². The molecule has 2 aromatic heterocycles. The molecule has 0 radical (unpaired) electrons. The largest absolute Gasteiger partial charge is 0.352 e. The highest BCUT2D eigenvalue weighted by Gasteiger charge is 2.14. The Morgan fingerprint density at radius 2 is 1.89 bits per heavy atom. The van der Waals surface area contributed by atoms with Gasteiger partial charge in [0.05, 0.1) is 5.56 Å². The monoisotopic (exact) mass is 381 g/mol.